The van der Waals surface area contributed by atoms with Gasteiger partial charge >= 0.3 is 0 Å². The molecule has 0 spiro atoms. The molecule has 0 unspecified atom stereocenters. The fourth-order valence-electron chi connectivity index (χ4n) is 3.33. The van der Waals surface area contributed by atoms with Crippen molar-refractivity contribution >= 4 is 22.7 Å². The Kier molecular flexibility index (Phi) is 4.80. The van der Waals surface area contributed by atoms with Crippen molar-refractivity contribution in [1.82, 2.24) is 4.98 Å². The van der Waals surface area contributed by atoms with Crippen LogP contribution < -0.4 is 10.1 Å². The Balaban J connectivity index is 1.65. The van der Waals surface area contributed by atoms with Crippen molar-refractivity contribution in [2.45, 2.75) is 20.8 Å². The van der Waals surface area contributed by atoms with Crippen molar-refractivity contribution in [1.29, 1.82) is 0 Å². The van der Waals surface area contributed by atoms with Gasteiger partial charge in [-0.2, -0.15) is 0 Å². The highest BCUT2D eigenvalue weighted by Crippen LogP contribution is 2.30. The van der Waals surface area contributed by atoms with E-state index in [0.717, 1.165) is 39.0 Å². The number of amides is 1. The molecule has 0 atom stereocenters. The van der Waals surface area contributed by atoms with E-state index in [9.17, 15) is 4.79 Å². The largest absolute Gasteiger partial charge is 0.497 e. The van der Waals surface area contributed by atoms with Crippen molar-refractivity contribution < 1.29 is 13.9 Å². The normalized spacial score (nSPS) is 10.9. The van der Waals surface area contributed by atoms with Gasteiger partial charge in [0.05, 0.1) is 7.11 Å². The van der Waals surface area contributed by atoms with E-state index in [1.807, 2.05) is 45.0 Å². The minimum absolute atomic E-state index is 0.183. The lowest BCUT2D eigenvalue weighted by Gasteiger charge is -2.10. The molecule has 0 aliphatic rings. The molecule has 1 aromatic heterocycles. The van der Waals surface area contributed by atoms with E-state index >= 15 is 0 Å². The van der Waals surface area contributed by atoms with Crippen molar-refractivity contribution in [3.63, 3.8) is 0 Å². The van der Waals surface area contributed by atoms with Gasteiger partial charge in [-0.05, 0) is 79.9 Å². The van der Waals surface area contributed by atoms with Crippen LogP contribution >= 0.6 is 0 Å². The van der Waals surface area contributed by atoms with Crippen molar-refractivity contribution in [3.8, 4) is 17.2 Å². The van der Waals surface area contributed by atoms with Crippen molar-refractivity contribution in [2.75, 3.05) is 12.4 Å². The molecular formula is C24H22N2O3. The number of nitrogens with one attached hydrogen (secondary N) is 1. The summed E-state index contributed by atoms with van der Waals surface area (Å²) in [5, 5.41) is 2.98. The third-order valence-electron chi connectivity index (χ3n) is 4.91. The SMILES string of the molecule is COc1ccc(C(=O)Nc2cc(-c3nc4cc(C)cc(C)c4o3)ccc2C)cc1. The van der Waals surface area contributed by atoms with E-state index in [2.05, 4.69) is 16.4 Å². The number of oxazole rings is 1. The van der Waals surface area contributed by atoms with Crippen LogP contribution in [-0.2, 0) is 0 Å². The monoisotopic (exact) mass is 386 g/mol. The van der Waals surface area contributed by atoms with Crippen LogP contribution in [-0.4, -0.2) is 18.0 Å². The molecule has 0 saturated carbocycles. The highest BCUT2D eigenvalue weighted by molar-refractivity contribution is 6.05. The predicted molar refractivity (Wildman–Crippen MR) is 115 cm³/mol. The lowest BCUT2D eigenvalue weighted by Crippen LogP contribution is -2.12. The molecule has 5 heteroatoms. The third kappa shape index (κ3) is 3.72. The Morgan fingerprint density at radius 1 is 0.966 bits per heavy atom. The summed E-state index contributed by atoms with van der Waals surface area (Å²) in [6, 6.07) is 16.9. The molecule has 146 valence electrons. The van der Waals surface area contributed by atoms with Crippen LogP contribution in [0.25, 0.3) is 22.6 Å². The Labute approximate surface area is 169 Å². The zero-order valence-corrected chi connectivity index (χ0v) is 16.9. The lowest BCUT2D eigenvalue weighted by molar-refractivity contribution is 0.102. The number of hydrogen-bond donors (Lipinski definition) is 1. The Bertz CT molecular complexity index is 1210. The molecule has 0 aliphatic carbocycles. The minimum atomic E-state index is -0.183. The average Bonchev–Trinajstić information content (AvgIpc) is 3.14. The van der Waals surface area contributed by atoms with Crippen LogP contribution in [0.1, 0.15) is 27.0 Å². The number of carbonyl (C=O) groups excluding carboxylic acids is 1. The number of nitrogens with zero attached hydrogens (tertiary/aromatic N) is 1. The molecule has 4 aromatic rings. The number of aryl methyl sites for hydroxylation is 3. The molecule has 1 heterocycles. The summed E-state index contributed by atoms with van der Waals surface area (Å²) in [4.78, 5) is 17.3. The van der Waals surface area contributed by atoms with E-state index in [1.54, 1.807) is 31.4 Å². The van der Waals surface area contributed by atoms with Crippen LogP contribution in [0.4, 0.5) is 5.69 Å². The molecule has 0 aliphatic heterocycles. The smallest absolute Gasteiger partial charge is 0.255 e. The van der Waals surface area contributed by atoms with Gasteiger partial charge in [-0.1, -0.05) is 12.1 Å². The van der Waals surface area contributed by atoms with Crippen molar-refractivity contribution in [3.05, 3.63) is 76.9 Å². The third-order valence-corrected chi connectivity index (χ3v) is 4.91. The second kappa shape index (κ2) is 7.43. The maximum atomic E-state index is 12.6. The molecule has 4 rings (SSSR count). The van der Waals surface area contributed by atoms with Crippen LogP contribution in [0, 0.1) is 20.8 Å². The molecule has 1 amide bonds. The van der Waals surface area contributed by atoms with Gasteiger partial charge in [-0.25, -0.2) is 4.98 Å². The number of benzene rings is 3. The van der Waals surface area contributed by atoms with Gasteiger partial charge in [-0.15, -0.1) is 0 Å². The summed E-state index contributed by atoms with van der Waals surface area (Å²) in [6.45, 7) is 6.01. The van der Waals surface area contributed by atoms with Gasteiger partial charge in [-0.3, -0.25) is 4.79 Å². The van der Waals surface area contributed by atoms with Crippen LogP contribution in [0.5, 0.6) is 5.75 Å². The summed E-state index contributed by atoms with van der Waals surface area (Å²) >= 11 is 0. The topological polar surface area (TPSA) is 64.4 Å². The summed E-state index contributed by atoms with van der Waals surface area (Å²) in [5.41, 5.74) is 6.87. The number of fused-ring (bicyclic) bond motifs is 1. The highest BCUT2D eigenvalue weighted by atomic mass is 16.5. The summed E-state index contributed by atoms with van der Waals surface area (Å²) in [7, 11) is 1.60. The second-order valence-corrected chi connectivity index (χ2v) is 7.16. The van der Waals surface area contributed by atoms with Gasteiger partial charge in [0.1, 0.15) is 11.3 Å². The van der Waals surface area contributed by atoms with Crippen LogP contribution in [0.3, 0.4) is 0 Å². The van der Waals surface area contributed by atoms with E-state index in [1.165, 1.54) is 0 Å². The molecule has 0 radical (unpaired) electrons. The van der Waals surface area contributed by atoms with Crippen molar-refractivity contribution in [2.24, 2.45) is 0 Å². The first kappa shape index (κ1) is 18.7. The zero-order valence-electron chi connectivity index (χ0n) is 16.9. The average molecular weight is 386 g/mol. The first-order valence-electron chi connectivity index (χ1n) is 9.39. The summed E-state index contributed by atoms with van der Waals surface area (Å²) in [5.74, 6) is 1.06. The molecule has 0 fully saturated rings. The molecule has 0 bridgehead atoms. The number of carbonyl (C=O) groups is 1. The first-order chi connectivity index (χ1) is 13.9. The second-order valence-electron chi connectivity index (χ2n) is 7.16. The van der Waals surface area contributed by atoms with Gasteiger partial charge < -0.3 is 14.5 Å². The summed E-state index contributed by atoms with van der Waals surface area (Å²) in [6.07, 6.45) is 0. The predicted octanol–water partition coefficient (Wildman–Crippen LogP) is 5.68. The van der Waals surface area contributed by atoms with E-state index in [4.69, 9.17) is 9.15 Å². The van der Waals surface area contributed by atoms with Crippen LogP contribution in [0.15, 0.2) is 59.0 Å². The Hall–Kier alpha value is -3.60. The standard InChI is InChI=1S/C24H22N2O3/c1-14-11-16(3)22-21(12-14)26-24(29-22)18-6-5-15(2)20(13-18)25-23(27)17-7-9-19(28-4)10-8-17/h5-13H,1-4H3,(H,25,27). The van der Waals surface area contributed by atoms with Gasteiger partial charge in [0.25, 0.3) is 5.91 Å². The van der Waals surface area contributed by atoms with E-state index in [-0.39, 0.29) is 5.91 Å². The fraction of sp³-hybridized carbons (Fsp3) is 0.167. The van der Waals surface area contributed by atoms with Gasteiger partial charge in [0, 0.05) is 16.8 Å². The molecule has 5 nitrogen and oxygen atoms in total. The first-order valence-corrected chi connectivity index (χ1v) is 9.39. The maximum Gasteiger partial charge on any atom is 0.255 e. The number of hydrogen-bond acceptors (Lipinski definition) is 4. The number of anilines is 1. The number of methoxy groups -OCH3 is 1. The minimum Gasteiger partial charge on any atom is -0.497 e. The molecule has 3 aromatic carbocycles. The van der Waals surface area contributed by atoms with Gasteiger partial charge in [0.2, 0.25) is 5.89 Å². The quantitative estimate of drug-likeness (QED) is 0.490. The molecular weight excluding hydrogens is 364 g/mol. The summed E-state index contributed by atoms with van der Waals surface area (Å²) < 4.78 is 11.2. The molecule has 29 heavy (non-hydrogen) atoms. The lowest BCUT2D eigenvalue weighted by atomic mass is 10.1. The van der Waals surface area contributed by atoms with Crippen LogP contribution in [0.2, 0.25) is 0 Å². The Morgan fingerprint density at radius 2 is 1.72 bits per heavy atom. The highest BCUT2D eigenvalue weighted by Gasteiger charge is 2.14. The number of ether oxygens (including phenoxy) is 1. The van der Waals surface area contributed by atoms with E-state index in [0.29, 0.717) is 17.2 Å². The molecule has 0 saturated heterocycles. The van der Waals surface area contributed by atoms with Gasteiger partial charge in [0.15, 0.2) is 5.58 Å². The zero-order chi connectivity index (χ0) is 20.5. The number of rotatable bonds is 4. The number of aromatic nitrogens is 1. The Morgan fingerprint density at radius 3 is 2.45 bits per heavy atom. The molecule has 1 N–H and O–H groups in total. The van der Waals surface area contributed by atoms with E-state index < -0.39 is 0 Å². The maximum absolute atomic E-state index is 12.6. The fourth-order valence-corrected chi connectivity index (χ4v) is 3.33.